The Labute approximate surface area is 115 Å². The summed E-state index contributed by atoms with van der Waals surface area (Å²) in [6, 6.07) is 12.6. The number of phenols is 1. The first-order valence-corrected chi connectivity index (χ1v) is 6.04. The first-order chi connectivity index (χ1) is 9.63. The zero-order valence-corrected chi connectivity index (χ0v) is 10.4. The molecule has 0 radical (unpaired) electrons. The number of ether oxygens (including phenoxy) is 1. The van der Waals surface area contributed by atoms with Crippen molar-refractivity contribution < 1.29 is 14.2 Å². The third kappa shape index (κ3) is 1.91. The molecule has 0 saturated heterocycles. The van der Waals surface area contributed by atoms with Gasteiger partial charge in [-0.15, -0.1) is 0 Å². The molecule has 1 heterocycles. The van der Waals surface area contributed by atoms with Crippen LogP contribution in [-0.4, -0.2) is 11.7 Å². The van der Waals surface area contributed by atoms with E-state index in [2.05, 4.69) is 11.4 Å². The van der Waals surface area contributed by atoms with Gasteiger partial charge in [-0.25, -0.2) is 4.39 Å². The molecule has 1 unspecified atom stereocenters. The molecule has 2 N–H and O–H groups in total. The lowest BCUT2D eigenvalue weighted by atomic mass is 9.93. The van der Waals surface area contributed by atoms with E-state index in [4.69, 9.17) is 4.74 Å². The molecule has 20 heavy (non-hydrogen) atoms. The molecular formula is C15H11FN2O2. The van der Waals surface area contributed by atoms with Gasteiger partial charge in [-0.05, 0) is 36.4 Å². The van der Waals surface area contributed by atoms with Gasteiger partial charge in [0.2, 0.25) is 0 Å². The molecule has 1 aliphatic heterocycles. The molecule has 100 valence electrons. The molecular weight excluding hydrogens is 259 g/mol. The Bertz CT molecular complexity index is 694. The SMILES string of the molecule is N#CC1(Nc2ccc(F)cc2)COc2cc(O)ccc21. The van der Waals surface area contributed by atoms with Crippen LogP contribution in [0.1, 0.15) is 5.56 Å². The van der Waals surface area contributed by atoms with Crippen molar-refractivity contribution in [2.24, 2.45) is 0 Å². The average Bonchev–Trinajstić information content (AvgIpc) is 2.80. The van der Waals surface area contributed by atoms with Crippen LogP contribution in [0.5, 0.6) is 11.5 Å². The summed E-state index contributed by atoms with van der Waals surface area (Å²) in [5.41, 5.74) is 0.237. The van der Waals surface area contributed by atoms with Crippen LogP contribution in [0.2, 0.25) is 0 Å². The van der Waals surface area contributed by atoms with Crippen LogP contribution in [0.3, 0.4) is 0 Å². The number of nitrogens with one attached hydrogen (secondary N) is 1. The highest BCUT2D eigenvalue weighted by Crippen LogP contribution is 2.40. The maximum absolute atomic E-state index is 12.9. The van der Waals surface area contributed by atoms with Crippen LogP contribution >= 0.6 is 0 Å². The molecule has 0 saturated carbocycles. The third-order valence-electron chi connectivity index (χ3n) is 3.26. The van der Waals surface area contributed by atoms with E-state index in [0.29, 0.717) is 17.0 Å². The lowest BCUT2D eigenvalue weighted by Gasteiger charge is -2.22. The minimum Gasteiger partial charge on any atom is -0.508 e. The minimum atomic E-state index is -1.04. The molecule has 0 aromatic heterocycles. The molecule has 0 fully saturated rings. The van der Waals surface area contributed by atoms with Crippen molar-refractivity contribution in [1.82, 2.24) is 0 Å². The topological polar surface area (TPSA) is 65.3 Å². The van der Waals surface area contributed by atoms with Crippen molar-refractivity contribution in [2.45, 2.75) is 5.54 Å². The molecule has 2 aromatic rings. The standard InChI is InChI=1S/C15H11FN2O2/c16-10-1-3-11(4-2-10)18-15(8-17)9-20-14-7-12(19)5-6-13(14)15/h1-7,18-19H,9H2. The number of anilines is 1. The summed E-state index contributed by atoms with van der Waals surface area (Å²) in [4.78, 5) is 0. The molecule has 1 atom stereocenters. The van der Waals surface area contributed by atoms with Gasteiger partial charge >= 0.3 is 0 Å². The van der Waals surface area contributed by atoms with Crippen molar-refractivity contribution in [3.63, 3.8) is 0 Å². The van der Waals surface area contributed by atoms with E-state index in [-0.39, 0.29) is 18.2 Å². The molecule has 1 aliphatic rings. The fourth-order valence-electron chi connectivity index (χ4n) is 2.25. The second-order valence-electron chi connectivity index (χ2n) is 4.62. The largest absolute Gasteiger partial charge is 0.508 e. The van der Waals surface area contributed by atoms with Crippen LogP contribution in [0.15, 0.2) is 42.5 Å². The van der Waals surface area contributed by atoms with Crippen LogP contribution in [0.25, 0.3) is 0 Å². The summed E-state index contributed by atoms with van der Waals surface area (Å²) < 4.78 is 18.4. The zero-order chi connectivity index (χ0) is 14.2. The average molecular weight is 270 g/mol. The summed E-state index contributed by atoms with van der Waals surface area (Å²) in [6.07, 6.45) is 0. The lowest BCUT2D eigenvalue weighted by molar-refractivity contribution is 0.313. The van der Waals surface area contributed by atoms with Crippen LogP contribution in [-0.2, 0) is 5.54 Å². The van der Waals surface area contributed by atoms with E-state index in [1.807, 2.05) is 0 Å². The van der Waals surface area contributed by atoms with E-state index in [1.54, 1.807) is 18.2 Å². The molecule has 3 rings (SSSR count). The molecule has 5 heteroatoms. The predicted molar refractivity (Wildman–Crippen MR) is 70.9 cm³/mol. The molecule has 2 aromatic carbocycles. The van der Waals surface area contributed by atoms with Crippen LogP contribution < -0.4 is 10.1 Å². The van der Waals surface area contributed by atoms with E-state index < -0.39 is 5.54 Å². The van der Waals surface area contributed by atoms with E-state index >= 15 is 0 Å². The molecule has 0 amide bonds. The molecule has 4 nitrogen and oxygen atoms in total. The summed E-state index contributed by atoms with van der Waals surface area (Å²) in [5.74, 6) is 0.218. The molecule has 0 aliphatic carbocycles. The highest BCUT2D eigenvalue weighted by atomic mass is 19.1. The Kier molecular flexibility index (Phi) is 2.72. The third-order valence-corrected chi connectivity index (χ3v) is 3.26. The highest BCUT2D eigenvalue weighted by Gasteiger charge is 2.41. The summed E-state index contributed by atoms with van der Waals surface area (Å²) in [6.45, 7) is 0.125. The van der Waals surface area contributed by atoms with Gasteiger partial charge in [0.25, 0.3) is 0 Å². The molecule has 0 spiro atoms. The van der Waals surface area contributed by atoms with E-state index in [9.17, 15) is 14.8 Å². The molecule has 0 bridgehead atoms. The smallest absolute Gasteiger partial charge is 0.188 e. The fourth-order valence-corrected chi connectivity index (χ4v) is 2.25. The maximum atomic E-state index is 12.9. The van der Waals surface area contributed by atoms with Crippen molar-refractivity contribution >= 4 is 5.69 Å². The zero-order valence-electron chi connectivity index (χ0n) is 10.4. The Morgan fingerprint density at radius 1 is 1.25 bits per heavy atom. The fraction of sp³-hybridized carbons (Fsp3) is 0.133. The minimum absolute atomic E-state index is 0.0827. The van der Waals surface area contributed by atoms with Gasteiger partial charge in [0.05, 0.1) is 6.07 Å². The van der Waals surface area contributed by atoms with Crippen molar-refractivity contribution in [2.75, 3.05) is 11.9 Å². The number of aromatic hydroxyl groups is 1. The van der Waals surface area contributed by atoms with Crippen molar-refractivity contribution in [3.8, 4) is 17.6 Å². The lowest BCUT2D eigenvalue weighted by Crippen LogP contribution is -2.35. The number of hydrogen-bond donors (Lipinski definition) is 2. The first kappa shape index (κ1) is 12.3. The van der Waals surface area contributed by atoms with Crippen LogP contribution in [0.4, 0.5) is 10.1 Å². The number of fused-ring (bicyclic) bond motifs is 1. The Hall–Kier alpha value is -2.74. The summed E-state index contributed by atoms with van der Waals surface area (Å²) in [7, 11) is 0. The maximum Gasteiger partial charge on any atom is 0.188 e. The Morgan fingerprint density at radius 3 is 2.70 bits per heavy atom. The number of halogens is 1. The summed E-state index contributed by atoms with van der Waals surface area (Å²) >= 11 is 0. The highest BCUT2D eigenvalue weighted by molar-refractivity contribution is 5.58. The first-order valence-electron chi connectivity index (χ1n) is 6.04. The van der Waals surface area contributed by atoms with Gasteiger partial charge in [0.15, 0.2) is 5.54 Å². The predicted octanol–water partition coefficient (Wildman–Crippen LogP) is 2.75. The Morgan fingerprint density at radius 2 is 2.00 bits per heavy atom. The van der Waals surface area contributed by atoms with Crippen molar-refractivity contribution in [1.29, 1.82) is 5.26 Å². The van der Waals surface area contributed by atoms with Gasteiger partial charge in [-0.1, -0.05) is 0 Å². The van der Waals surface area contributed by atoms with Gasteiger partial charge < -0.3 is 15.2 Å². The summed E-state index contributed by atoms with van der Waals surface area (Å²) in [5, 5.41) is 22.0. The van der Waals surface area contributed by atoms with Gasteiger partial charge in [0, 0.05) is 17.3 Å². The van der Waals surface area contributed by atoms with Gasteiger partial charge in [-0.2, -0.15) is 5.26 Å². The number of phenolic OH excluding ortho intramolecular Hbond substituents is 1. The van der Waals surface area contributed by atoms with Gasteiger partial charge in [-0.3, -0.25) is 0 Å². The van der Waals surface area contributed by atoms with E-state index in [0.717, 1.165) is 0 Å². The Balaban J connectivity index is 1.99. The normalized spacial score (nSPS) is 19.8. The number of rotatable bonds is 2. The number of hydrogen-bond acceptors (Lipinski definition) is 4. The van der Waals surface area contributed by atoms with E-state index in [1.165, 1.54) is 24.3 Å². The number of nitriles is 1. The van der Waals surface area contributed by atoms with Gasteiger partial charge in [0.1, 0.15) is 23.9 Å². The second kappa shape index (κ2) is 4.42. The van der Waals surface area contributed by atoms with Crippen molar-refractivity contribution in [3.05, 3.63) is 53.8 Å². The second-order valence-corrected chi connectivity index (χ2v) is 4.62. The quantitative estimate of drug-likeness (QED) is 0.880. The number of benzene rings is 2. The monoisotopic (exact) mass is 270 g/mol. The number of nitrogens with zero attached hydrogens (tertiary/aromatic N) is 1. The van der Waals surface area contributed by atoms with Crippen LogP contribution in [0, 0.1) is 17.1 Å².